The first kappa shape index (κ1) is 19.0. The maximum Gasteiger partial charge on any atom is 0.231 e. The molecular weight excluding hydrogens is 437 g/mol. The first-order valence-corrected chi connectivity index (χ1v) is 10.3. The van der Waals surface area contributed by atoms with Crippen molar-refractivity contribution >= 4 is 46.6 Å². The van der Waals surface area contributed by atoms with Gasteiger partial charge in [-0.05, 0) is 41.8 Å². The lowest BCUT2D eigenvalue weighted by Crippen LogP contribution is -2.41. The van der Waals surface area contributed by atoms with Crippen molar-refractivity contribution in [3.8, 4) is 23.0 Å². The number of benzene rings is 2. The van der Waals surface area contributed by atoms with Crippen molar-refractivity contribution in [2.24, 2.45) is 0 Å². The van der Waals surface area contributed by atoms with Crippen LogP contribution in [0.3, 0.4) is 0 Å². The molecule has 0 spiro atoms. The minimum atomic E-state index is -1.58. The van der Waals surface area contributed by atoms with Crippen LogP contribution in [0.15, 0.2) is 24.3 Å². The van der Waals surface area contributed by atoms with Crippen LogP contribution in [0.5, 0.6) is 23.0 Å². The standard InChI is InChI=1S/C21H18Cl3NO4/c1-26-15-4-3-12-7-14-13-9-17-16(28-10-29-17)8-11(13)5-6-25(14)20(21(22,23)24)18(12)19(15)27-2/h3-4,7-9,20H,5-6,10H2,1-2H3/t20-/m0/s1. The second kappa shape index (κ2) is 6.79. The van der Waals surface area contributed by atoms with Gasteiger partial charge in [-0.25, -0.2) is 0 Å². The van der Waals surface area contributed by atoms with Gasteiger partial charge in [0.05, 0.1) is 14.2 Å². The van der Waals surface area contributed by atoms with E-state index in [1.54, 1.807) is 14.2 Å². The van der Waals surface area contributed by atoms with Crippen LogP contribution in [0.1, 0.15) is 28.3 Å². The topological polar surface area (TPSA) is 40.2 Å². The molecule has 0 fully saturated rings. The molecule has 1 atom stereocenters. The van der Waals surface area contributed by atoms with Gasteiger partial charge in [0.15, 0.2) is 23.0 Å². The number of nitrogens with zero attached hydrogens (tertiary/aromatic N) is 1. The Labute approximate surface area is 183 Å². The zero-order valence-corrected chi connectivity index (χ0v) is 18.1. The molecule has 152 valence electrons. The highest BCUT2D eigenvalue weighted by Crippen LogP contribution is 2.56. The van der Waals surface area contributed by atoms with E-state index >= 15 is 0 Å². The van der Waals surface area contributed by atoms with E-state index in [0.29, 0.717) is 18.0 Å². The fourth-order valence-corrected chi connectivity index (χ4v) is 5.07. The van der Waals surface area contributed by atoms with Gasteiger partial charge in [-0.2, -0.15) is 0 Å². The first-order valence-electron chi connectivity index (χ1n) is 9.15. The molecule has 3 aliphatic heterocycles. The molecule has 2 aromatic carbocycles. The Morgan fingerprint density at radius 3 is 2.52 bits per heavy atom. The monoisotopic (exact) mass is 453 g/mol. The van der Waals surface area contributed by atoms with Crippen LogP contribution >= 0.6 is 34.8 Å². The number of fused-ring (bicyclic) bond motifs is 5. The molecule has 5 nitrogen and oxygen atoms in total. The fraction of sp³-hybridized carbons (Fsp3) is 0.333. The van der Waals surface area contributed by atoms with Crippen molar-refractivity contribution in [2.45, 2.75) is 16.3 Å². The van der Waals surface area contributed by atoms with Crippen molar-refractivity contribution in [3.05, 3.63) is 46.5 Å². The van der Waals surface area contributed by atoms with Crippen LogP contribution in [0.2, 0.25) is 0 Å². The van der Waals surface area contributed by atoms with Crippen molar-refractivity contribution in [2.75, 3.05) is 27.6 Å². The highest BCUT2D eigenvalue weighted by molar-refractivity contribution is 6.68. The average Bonchev–Trinajstić information content (AvgIpc) is 3.16. The van der Waals surface area contributed by atoms with Crippen LogP contribution < -0.4 is 18.9 Å². The number of hydrogen-bond acceptors (Lipinski definition) is 5. The van der Waals surface area contributed by atoms with Gasteiger partial charge in [0.25, 0.3) is 0 Å². The second-order valence-electron chi connectivity index (χ2n) is 7.08. The molecule has 0 saturated heterocycles. The second-order valence-corrected chi connectivity index (χ2v) is 9.45. The summed E-state index contributed by atoms with van der Waals surface area (Å²) < 4.78 is 20.7. The summed E-state index contributed by atoms with van der Waals surface area (Å²) in [6, 6.07) is 7.35. The highest BCUT2D eigenvalue weighted by atomic mass is 35.6. The predicted molar refractivity (Wildman–Crippen MR) is 113 cm³/mol. The lowest BCUT2D eigenvalue weighted by Gasteiger charge is -2.45. The molecule has 0 N–H and O–H groups in total. The largest absolute Gasteiger partial charge is 0.493 e. The Morgan fingerprint density at radius 1 is 1.07 bits per heavy atom. The third kappa shape index (κ3) is 2.90. The molecular formula is C21H18Cl3NO4. The zero-order chi connectivity index (χ0) is 20.3. The Kier molecular flexibility index (Phi) is 4.46. The number of halogens is 3. The quantitative estimate of drug-likeness (QED) is 0.582. The minimum absolute atomic E-state index is 0.234. The maximum atomic E-state index is 6.53. The van der Waals surface area contributed by atoms with E-state index in [4.69, 9.17) is 53.8 Å². The smallest absolute Gasteiger partial charge is 0.231 e. The zero-order valence-electron chi connectivity index (χ0n) is 15.8. The van der Waals surface area contributed by atoms with Gasteiger partial charge in [0.2, 0.25) is 10.6 Å². The summed E-state index contributed by atoms with van der Waals surface area (Å²) in [5, 5.41) is 0. The Hall–Kier alpha value is -1.95. The van der Waals surface area contributed by atoms with Crippen molar-refractivity contribution < 1.29 is 18.9 Å². The lowest BCUT2D eigenvalue weighted by molar-refractivity contribution is 0.174. The molecule has 3 heterocycles. The van der Waals surface area contributed by atoms with Crippen molar-refractivity contribution in [1.82, 2.24) is 4.90 Å². The third-order valence-corrected chi connectivity index (χ3v) is 6.23. The molecule has 0 radical (unpaired) electrons. The van der Waals surface area contributed by atoms with Crippen molar-refractivity contribution in [1.29, 1.82) is 0 Å². The van der Waals surface area contributed by atoms with Gasteiger partial charge in [0.1, 0.15) is 6.04 Å². The van der Waals surface area contributed by atoms with Crippen molar-refractivity contribution in [3.63, 3.8) is 0 Å². The van der Waals surface area contributed by atoms with E-state index in [1.807, 2.05) is 24.3 Å². The van der Waals surface area contributed by atoms with Crippen LogP contribution in [0.4, 0.5) is 0 Å². The van der Waals surface area contributed by atoms with Gasteiger partial charge in [-0.1, -0.05) is 40.9 Å². The van der Waals surface area contributed by atoms with Gasteiger partial charge < -0.3 is 23.8 Å². The summed E-state index contributed by atoms with van der Waals surface area (Å²) in [6.07, 6.45) is 2.90. The number of hydrogen-bond donors (Lipinski definition) is 0. The molecule has 0 saturated carbocycles. The van der Waals surface area contributed by atoms with E-state index in [2.05, 4.69) is 11.0 Å². The summed E-state index contributed by atoms with van der Waals surface area (Å²) in [7, 11) is 3.19. The van der Waals surface area contributed by atoms with Gasteiger partial charge in [-0.15, -0.1) is 0 Å². The molecule has 3 aliphatic rings. The number of ether oxygens (including phenoxy) is 4. The molecule has 2 aromatic rings. The Morgan fingerprint density at radius 2 is 1.83 bits per heavy atom. The fourth-order valence-electron chi connectivity index (χ4n) is 4.39. The summed E-state index contributed by atoms with van der Waals surface area (Å²) in [6.45, 7) is 0.925. The summed E-state index contributed by atoms with van der Waals surface area (Å²) in [4.78, 5) is 2.13. The van der Waals surface area contributed by atoms with E-state index < -0.39 is 9.83 Å². The summed E-state index contributed by atoms with van der Waals surface area (Å²) >= 11 is 19.6. The molecule has 8 heteroatoms. The molecule has 0 amide bonds. The molecule has 0 aromatic heterocycles. The molecule has 0 bridgehead atoms. The molecule has 0 aliphatic carbocycles. The van der Waals surface area contributed by atoms with Crippen LogP contribution in [-0.2, 0) is 6.42 Å². The summed E-state index contributed by atoms with van der Waals surface area (Å²) in [5.41, 5.74) is 4.96. The van der Waals surface area contributed by atoms with E-state index in [1.165, 1.54) is 5.56 Å². The molecule has 0 unspecified atom stereocenters. The Balaban J connectivity index is 1.75. The number of methoxy groups -OCH3 is 2. The third-order valence-electron chi connectivity index (χ3n) is 5.61. The van der Waals surface area contributed by atoms with E-state index in [-0.39, 0.29) is 6.79 Å². The van der Waals surface area contributed by atoms with E-state index in [9.17, 15) is 0 Å². The van der Waals surface area contributed by atoms with E-state index in [0.717, 1.165) is 40.3 Å². The highest BCUT2D eigenvalue weighted by Gasteiger charge is 2.46. The van der Waals surface area contributed by atoms with Crippen LogP contribution in [0.25, 0.3) is 11.8 Å². The minimum Gasteiger partial charge on any atom is -0.493 e. The maximum absolute atomic E-state index is 6.53. The number of alkyl halides is 3. The average molecular weight is 455 g/mol. The van der Waals surface area contributed by atoms with Gasteiger partial charge in [-0.3, -0.25) is 0 Å². The van der Waals surface area contributed by atoms with Gasteiger partial charge in [0, 0.05) is 23.4 Å². The predicted octanol–water partition coefficient (Wildman–Crippen LogP) is 5.21. The van der Waals surface area contributed by atoms with Crippen LogP contribution in [-0.4, -0.2) is 36.2 Å². The van der Waals surface area contributed by atoms with Crippen LogP contribution in [0, 0.1) is 0 Å². The summed E-state index contributed by atoms with van der Waals surface area (Å²) in [5.74, 6) is 2.68. The SMILES string of the molecule is COc1ccc2c(c1OC)[C@@H](C(Cl)(Cl)Cl)N1CCc3cc4c(cc3C1=C2)OCO4. The molecule has 5 rings (SSSR count). The number of rotatable bonds is 2. The Bertz CT molecular complexity index is 1030. The first-order chi connectivity index (χ1) is 13.9. The normalized spacial score (nSPS) is 19.1. The lowest BCUT2D eigenvalue weighted by atomic mass is 9.86. The molecule has 29 heavy (non-hydrogen) atoms. The van der Waals surface area contributed by atoms with Gasteiger partial charge >= 0.3 is 0 Å².